The number of halogens is 1. The Morgan fingerprint density at radius 2 is 2.31 bits per heavy atom. The Labute approximate surface area is 95.4 Å². The summed E-state index contributed by atoms with van der Waals surface area (Å²) in [4.78, 5) is 10.8. The summed E-state index contributed by atoms with van der Waals surface area (Å²) in [5, 5.41) is 2.85. The fraction of sp³-hybridized carbons (Fsp3) is 0.364. The first-order valence-corrected chi connectivity index (χ1v) is 4.95. The molecule has 0 bridgehead atoms. The Morgan fingerprint density at radius 3 is 3.00 bits per heavy atom. The zero-order valence-electron chi connectivity index (χ0n) is 9.13. The van der Waals surface area contributed by atoms with Gasteiger partial charge in [0.1, 0.15) is 13.7 Å². The molecule has 0 aromatic heterocycles. The van der Waals surface area contributed by atoms with Crippen LogP contribution in [0.3, 0.4) is 0 Å². The van der Waals surface area contributed by atoms with Crippen molar-refractivity contribution in [3.8, 4) is 0 Å². The van der Waals surface area contributed by atoms with E-state index in [1.807, 2.05) is 0 Å². The van der Waals surface area contributed by atoms with E-state index in [-0.39, 0.29) is 18.3 Å². The maximum absolute atomic E-state index is 13.2. The minimum atomic E-state index is -0.340. The first-order valence-electron chi connectivity index (χ1n) is 4.95. The highest BCUT2D eigenvalue weighted by Gasteiger charge is 2.03. The molecule has 16 heavy (non-hydrogen) atoms. The number of ether oxygens (including phenoxy) is 1. The normalized spacial score (nSPS) is 10.1. The molecule has 0 saturated heterocycles. The van der Waals surface area contributed by atoms with Crippen LogP contribution in [0.25, 0.3) is 0 Å². The summed E-state index contributed by atoms with van der Waals surface area (Å²) >= 11 is 0. The van der Waals surface area contributed by atoms with Crippen LogP contribution in [0.4, 0.5) is 4.39 Å². The van der Waals surface area contributed by atoms with Gasteiger partial charge >= 0.3 is 5.97 Å². The van der Waals surface area contributed by atoms with Crippen LogP contribution in [-0.2, 0) is 16.0 Å². The van der Waals surface area contributed by atoms with Crippen molar-refractivity contribution >= 4 is 19.3 Å². The molecule has 1 N–H and O–H groups in total. The number of hydrogen-bond acceptors (Lipinski definition) is 3. The maximum Gasteiger partial charge on any atom is 0.319 e. The number of benzene rings is 1. The number of carbonyl (C=O) groups excluding carboxylic acids is 1. The maximum atomic E-state index is 13.2. The van der Waals surface area contributed by atoms with E-state index in [9.17, 15) is 9.18 Å². The van der Waals surface area contributed by atoms with Crippen molar-refractivity contribution in [2.24, 2.45) is 0 Å². The summed E-state index contributed by atoms with van der Waals surface area (Å²) in [5.41, 5.74) is 1.07. The molecule has 1 aromatic rings. The Bertz CT molecular complexity index is 371. The van der Waals surface area contributed by atoms with E-state index in [0.717, 1.165) is 0 Å². The lowest BCUT2D eigenvalue weighted by atomic mass is 9.93. The average Bonchev–Trinajstić information content (AvgIpc) is 2.28. The number of esters is 1. The van der Waals surface area contributed by atoms with Crippen molar-refractivity contribution in [2.75, 3.05) is 20.2 Å². The lowest BCUT2D eigenvalue weighted by Crippen LogP contribution is -2.26. The Hall–Kier alpha value is -1.36. The molecule has 0 aliphatic rings. The van der Waals surface area contributed by atoms with E-state index < -0.39 is 0 Å². The third-order valence-corrected chi connectivity index (χ3v) is 2.14. The third-order valence-electron chi connectivity index (χ3n) is 2.14. The van der Waals surface area contributed by atoms with E-state index in [1.165, 1.54) is 19.2 Å². The predicted molar refractivity (Wildman–Crippen MR) is 60.4 cm³/mol. The molecule has 2 radical (unpaired) electrons. The van der Waals surface area contributed by atoms with Gasteiger partial charge in [-0.2, -0.15) is 0 Å². The summed E-state index contributed by atoms with van der Waals surface area (Å²) in [7, 11) is 6.86. The molecule has 0 amide bonds. The fourth-order valence-electron chi connectivity index (χ4n) is 1.27. The van der Waals surface area contributed by atoms with Gasteiger partial charge in [-0.3, -0.25) is 4.79 Å². The number of nitrogens with one attached hydrogen (secondary N) is 1. The first kappa shape index (κ1) is 12.7. The minimum Gasteiger partial charge on any atom is -0.468 e. The molecule has 0 heterocycles. The molecule has 0 fully saturated rings. The Balaban J connectivity index is 2.37. The van der Waals surface area contributed by atoms with Crippen molar-refractivity contribution in [2.45, 2.75) is 6.42 Å². The van der Waals surface area contributed by atoms with Gasteiger partial charge in [-0.1, -0.05) is 17.6 Å². The van der Waals surface area contributed by atoms with Gasteiger partial charge in [0.05, 0.1) is 13.7 Å². The van der Waals surface area contributed by atoms with E-state index >= 15 is 0 Å². The second-order valence-corrected chi connectivity index (χ2v) is 3.35. The SMILES string of the molecule is [B]c1ccc(F)c(CCNCC(=O)OC)c1. The van der Waals surface area contributed by atoms with Crippen molar-refractivity contribution in [1.29, 1.82) is 0 Å². The molecule has 1 rings (SSSR count). The molecular weight excluding hydrogens is 208 g/mol. The molecule has 0 unspecified atom stereocenters. The highest BCUT2D eigenvalue weighted by molar-refractivity contribution is 6.32. The molecule has 0 saturated carbocycles. The molecule has 84 valence electrons. The van der Waals surface area contributed by atoms with Gasteiger partial charge in [0.25, 0.3) is 0 Å². The first-order chi connectivity index (χ1) is 7.63. The van der Waals surface area contributed by atoms with Gasteiger partial charge in [-0.15, -0.1) is 0 Å². The van der Waals surface area contributed by atoms with Crippen LogP contribution in [0.5, 0.6) is 0 Å². The highest BCUT2D eigenvalue weighted by atomic mass is 19.1. The summed E-state index contributed by atoms with van der Waals surface area (Å²) in [6.07, 6.45) is 0.480. The summed E-state index contributed by atoms with van der Waals surface area (Å²) in [5.74, 6) is -0.623. The zero-order chi connectivity index (χ0) is 12.0. The van der Waals surface area contributed by atoms with Crippen molar-refractivity contribution in [1.82, 2.24) is 5.32 Å². The third kappa shape index (κ3) is 4.02. The Morgan fingerprint density at radius 1 is 1.56 bits per heavy atom. The van der Waals surface area contributed by atoms with Crippen molar-refractivity contribution in [3.63, 3.8) is 0 Å². The van der Waals surface area contributed by atoms with E-state index in [0.29, 0.717) is 24.0 Å². The quantitative estimate of drug-likeness (QED) is 0.429. The summed E-state index contributed by atoms with van der Waals surface area (Å²) in [6, 6.07) is 4.45. The van der Waals surface area contributed by atoms with Gasteiger partial charge in [-0.25, -0.2) is 4.39 Å². The van der Waals surface area contributed by atoms with Crippen LogP contribution in [0.2, 0.25) is 0 Å². The lowest BCUT2D eigenvalue weighted by molar-refractivity contribution is -0.139. The molecule has 5 heteroatoms. The van der Waals surface area contributed by atoms with Crippen molar-refractivity contribution in [3.05, 3.63) is 29.6 Å². The van der Waals surface area contributed by atoms with Crippen LogP contribution in [-0.4, -0.2) is 34.0 Å². The van der Waals surface area contributed by atoms with Gasteiger partial charge in [0.2, 0.25) is 0 Å². The van der Waals surface area contributed by atoms with Gasteiger partial charge in [0.15, 0.2) is 0 Å². The topological polar surface area (TPSA) is 38.3 Å². The number of carbonyl (C=O) groups is 1. The predicted octanol–water partition coefficient (Wildman–Crippen LogP) is -0.0754. The second kappa shape index (κ2) is 6.28. The van der Waals surface area contributed by atoms with E-state index in [1.54, 1.807) is 6.07 Å². The molecule has 3 nitrogen and oxygen atoms in total. The number of hydrogen-bond donors (Lipinski definition) is 1. The fourth-order valence-corrected chi connectivity index (χ4v) is 1.27. The Kier molecular flexibility index (Phi) is 4.99. The molecule has 0 aliphatic heterocycles. The highest BCUT2D eigenvalue weighted by Crippen LogP contribution is 2.04. The van der Waals surface area contributed by atoms with Crippen LogP contribution < -0.4 is 10.8 Å². The summed E-state index contributed by atoms with van der Waals surface area (Å²) < 4.78 is 17.7. The molecule has 0 atom stereocenters. The molecule has 0 spiro atoms. The smallest absolute Gasteiger partial charge is 0.319 e. The van der Waals surface area contributed by atoms with Crippen LogP contribution in [0.15, 0.2) is 18.2 Å². The lowest BCUT2D eigenvalue weighted by Gasteiger charge is -2.06. The standard InChI is InChI=1S/C11H13BFNO2/c1-16-11(15)7-14-5-4-8-6-9(12)2-3-10(8)13/h2-3,6,14H,4-5,7H2,1H3. The van der Waals surface area contributed by atoms with E-state index in [2.05, 4.69) is 10.1 Å². The monoisotopic (exact) mass is 221 g/mol. The largest absolute Gasteiger partial charge is 0.468 e. The molecule has 1 aromatic carbocycles. The minimum absolute atomic E-state index is 0.125. The number of rotatable bonds is 5. The average molecular weight is 221 g/mol. The van der Waals surface area contributed by atoms with Gasteiger partial charge in [-0.05, 0) is 24.6 Å². The molecule has 0 aliphatic carbocycles. The number of methoxy groups -OCH3 is 1. The zero-order valence-corrected chi connectivity index (χ0v) is 9.13. The summed E-state index contributed by atoms with van der Waals surface area (Å²) in [6.45, 7) is 0.621. The van der Waals surface area contributed by atoms with Crippen molar-refractivity contribution < 1.29 is 13.9 Å². The molecular formula is C11H13BFNO2. The van der Waals surface area contributed by atoms with Gasteiger partial charge in [0, 0.05) is 0 Å². The van der Waals surface area contributed by atoms with Crippen LogP contribution >= 0.6 is 0 Å². The second-order valence-electron chi connectivity index (χ2n) is 3.35. The van der Waals surface area contributed by atoms with Gasteiger partial charge < -0.3 is 10.1 Å². The van der Waals surface area contributed by atoms with E-state index in [4.69, 9.17) is 7.85 Å². The van der Waals surface area contributed by atoms with Crippen LogP contribution in [0.1, 0.15) is 5.56 Å². The van der Waals surface area contributed by atoms with Crippen LogP contribution in [0, 0.1) is 5.82 Å².